The van der Waals surface area contributed by atoms with Crippen LogP contribution in [0.3, 0.4) is 0 Å². The Kier molecular flexibility index (Phi) is 2.82. The Morgan fingerprint density at radius 2 is 2.31 bits per heavy atom. The summed E-state index contributed by atoms with van der Waals surface area (Å²) in [4.78, 5) is 11.5. The Balaban J connectivity index is 2.44. The van der Waals surface area contributed by atoms with E-state index in [9.17, 15) is 13.6 Å². The zero-order valence-corrected chi connectivity index (χ0v) is 7.04. The van der Waals surface area contributed by atoms with Crippen molar-refractivity contribution in [2.75, 3.05) is 19.6 Å². The maximum absolute atomic E-state index is 12.6. The van der Waals surface area contributed by atoms with Crippen LogP contribution in [0.1, 0.15) is 6.42 Å². The first-order valence-corrected chi connectivity index (χ1v) is 4.01. The summed E-state index contributed by atoms with van der Waals surface area (Å²) in [5.41, 5.74) is 5.49. The summed E-state index contributed by atoms with van der Waals surface area (Å²) in [6, 6.07) is -0.107. The van der Waals surface area contributed by atoms with Crippen LogP contribution < -0.4 is 5.73 Å². The lowest BCUT2D eigenvalue weighted by Gasteiger charge is -2.19. The fourth-order valence-corrected chi connectivity index (χ4v) is 1.35. The summed E-state index contributed by atoms with van der Waals surface area (Å²) in [5, 5.41) is 8.16. The second-order valence-electron chi connectivity index (χ2n) is 3.29. The van der Waals surface area contributed by atoms with Gasteiger partial charge in [-0.2, -0.15) is 8.78 Å². The van der Waals surface area contributed by atoms with E-state index >= 15 is 0 Å². The van der Waals surface area contributed by atoms with E-state index in [1.807, 2.05) is 0 Å². The number of alkyl halides is 2. The van der Waals surface area contributed by atoms with E-state index in [1.165, 1.54) is 4.90 Å². The summed E-state index contributed by atoms with van der Waals surface area (Å²) < 4.78 is 25.3. The number of nitrogens with two attached hydrogens (primary N) is 1. The van der Waals surface area contributed by atoms with E-state index in [4.69, 9.17) is 10.8 Å². The van der Waals surface area contributed by atoms with Gasteiger partial charge in [-0.25, -0.2) is 4.79 Å². The number of likely N-dealkylation sites (tertiary alicyclic amines) is 1. The molecule has 1 aliphatic rings. The number of nitrogens with zero attached hydrogens (tertiary/aromatic N) is 1. The van der Waals surface area contributed by atoms with Gasteiger partial charge in [-0.3, -0.25) is 4.90 Å². The van der Waals surface area contributed by atoms with Crippen LogP contribution in [0.5, 0.6) is 0 Å². The molecule has 6 heteroatoms. The molecule has 0 bridgehead atoms. The quantitative estimate of drug-likeness (QED) is 0.649. The summed E-state index contributed by atoms with van der Waals surface area (Å²) in [7, 11) is 0. The van der Waals surface area contributed by atoms with Gasteiger partial charge < -0.3 is 10.8 Å². The van der Waals surface area contributed by atoms with Gasteiger partial charge in [0.25, 0.3) is 0 Å². The lowest BCUT2D eigenvalue weighted by molar-refractivity contribution is -0.167. The fourth-order valence-electron chi connectivity index (χ4n) is 1.35. The smallest absolute Gasteiger partial charge is 0.375 e. The molecule has 0 aliphatic carbocycles. The van der Waals surface area contributed by atoms with Gasteiger partial charge in [0, 0.05) is 12.6 Å². The molecule has 0 spiro atoms. The molecule has 0 aromatic carbocycles. The molecule has 1 rings (SSSR count). The average Bonchev–Trinajstić information content (AvgIpc) is 2.34. The first-order valence-electron chi connectivity index (χ1n) is 4.01. The van der Waals surface area contributed by atoms with E-state index in [-0.39, 0.29) is 6.04 Å². The number of aliphatic carboxylic acids is 1. The number of halogens is 2. The summed E-state index contributed by atoms with van der Waals surface area (Å²) in [6.45, 7) is 0.0585. The molecule has 0 saturated carbocycles. The Morgan fingerprint density at radius 3 is 2.69 bits per heavy atom. The molecular formula is C7H12F2N2O2. The van der Waals surface area contributed by atoms with Crippen molar-refractivity contribution in [2.45, 2.75) is 18.4 Å². The standard InChI is InChI=1S/C7H12F2N2O2/c8-7(9,6(12)13)4-11-2-1-5(10)3-11/h5H,1-4,10H2,(H,12,13). The van der Waals surface area contributed by atoms with Crippen molar-refractivity contribution in [3.05, 3.63) is 0 Å². The second kappa shape index (κ2) is 3.55. The lowest BCUT2D eigenvalue weighted by atomic mass is 10.3. The topological polar surface area (TPSA) is 66.6 Å². The molecule has 0 amide bonds. The minimum absolute atomic E-state index is 0.107. The first-order chi connectivity index (χ1) is 5.92. The molecule has 1 saturated heterocycles. The largest absolute Gasteiger partial charge is 0.477 e. The minimum atomic E-state index is -3.66. The third-order valence-corrected chi connectivity index (χ3v) is 2.04. The second-order valence-corrected chi connectivity index (χ2v) is 3.29. The summed E-state index contributed by atoms with van der Waals surface area (Å²) >= 11 is 0. The van der Waals surface area contributed by atoms with Crippen LogP contribution in [0.4, 0.5) is 8.78 Å². The molecule has 3 N–H and O–H groups in total. The van der Waals surface area contributed by atoms with Crippen molar-refractivity contribution in [2.24, 2.45) is 5.73 Å². The van der Waals surface area contributed by atoms with Crippen molar-refractivity contribution in [3.8, 4) is 0 Å². The van der Waals surface area contributed by atoms with Gasteiger partial charge in [-0.15, -0.1) is 0 Å². The normalized spacial score (nSPS) is 25.0. The van der Waals surface area contributed by atoms with Gasteiger partial charge in [-0.05, 0) is 13.0 Å². The predicted octanol–water partition coefficient (Wildman–Crippen LogP) is -0.261. The van der Waals surface area contributed by atoms with Crippen LogP contribution >= 0.6 is 0 Å². The van der Waals surface area contributed by atoms with E-state index < -0.39 is 18.4 Å². The van der Waals surface area contributed by atoms with Crippen LogP contribution in [-0.2, 0) is 4.79 Å². The van der Waals surface area contributed by atoms with Gasteiger partial charge in [0.1, 0.15) is 0 Å². The molecule has 0 radical (unpaired) electrons. The number of carbonyl (C=O) groups is 1. The summed E-state index contributed by atoms with van der Waals surface area (Å²) in [5.74, 6) is -5.74. The molecule has 1 aliphatic heterocycles. The molecular weight excluding hydrogens is 182 g/mol. The Bertz CT molecular complexity index is 211. The lowest BCUT2D eigenvalue weighted by Crippen LogP contribution is -2.42. The maximum Gasteiger partial charge on any atom is 0.375 e. The Labute approximate surface area is 74.3 Å². The van der Waals surface area contributed by atoms with Crippen LogP contribution in [0.15, 0.2) is 0 Å². The van der Waals surface area contributed by atoms with Crippen LogP contribution in [-0.4, -0.2) is 47.6 Å². The highest BCUT2D eigenvalue weighted by Gasteiger charge is 2.41. The maximum atomic E-state index is 12.6. The number of rotatable bonds is 3. The Morgan fingerprint density at radius 1 is 1.69 bits per heavy atom. The van der Waals surface area contributed by atoms with E-state index in [1.54, 1.807) is 0 Å². The highest BCUT2D eigenvalue weighted by Crippen LogP contribution is 2.18. The fraction of sp³-hybridized carbons (Fsp3) is 0.857. The van der Waals surface area contributed by atoms with Gasteiger partial charge in [0.15, 0.2) is 0 Å². The number of carboxylic acids is 1. The Hall–Kier alpha value is -0.750. The van der Waals surface area contributed by atoms with Crippen molar-refractivity contribution >= 4 is 5.97 Å². The SMILES string of the molecule is NC1CCN(CC(F)(F)C(=O)O)C1. The van der Waals surface area contributed by atoms with E-state index in [0.29, 0.717) is 19.5 Å². The number of hydrogen-bond donors (Lipinski definition) is 2. The molecule has 1 fully saturated rings. The molecule has 4 nitrogen and oxygen atoms in total. The van der Waals surface area contributed by atoms with E-state index in [0.717, 1.165) is 0 Å². The summed E-state index contributed by atoms with van der Waals surface area (Å²) in [6.07, 6.45) is 0.649. The van der Waals surface area contributed by atoms with Crippen LogP contribution in [0.2, 0.25) is 0 Å². The zero-order valence-electron chi connectivity index (χ0n) is 7.04. The monoisotopic (exact) mass is 194 g/mol. The zero-order chi connectivity index (χ0) is 10.1. The predicted molar refractivity (Wildman–Crippen MR) is 41.6 cm³/mol. The highest BCUT2D eigenvalue weighted by atomic mass is 19.3. The van der Waals surface area contributed by atoms with Crippen molar-refractivity contribution in [3.63, 3.8) is 0 Å². The van der Waals surface area contributed by atoms with Crippen molar-refractivity contribution < 1.29 is 18.7 Å². The first kappa shape index (κ1) is 10.3. The number of hydrogen-bond acceptors (Lipinski definition) is 3. The molecule has 13 heavy (non-hydrogen) atoms. The average molecular weight is 194 g/mol. The van der Waals surface area contributed by atoms with Gasteiger partial charge >= 0.3 is 11.9 Å². The minimum Gasteiger partial charge on any atom is -0.477 e. The van der Waals surface area contributed by atoms with Gasteiger partial charge in [0.05, 0.1) is 6.54 Å². The van der Waals surface area contributed by atoms with Gasteiger partial charge in [-0.1, -0.05) is 0 Å². The third kappa shape index (κ3) is 2.60. The van der Waals surface area contributed by atoms with Gasteiger partial charge in [0.2, 0.25) is 0 Å². The molecule has 76 valence electrons. The van der Waals surface area contributed by atoms with E-state index in [2.05, 4.69) is 0 Å². The molecule has 1 unspecified atom stereocenters. The van der Waals surface area contributed by atoms with Crippen LogP contribution in [0.25, 0.3) is 0 Å². The number of carboxylic acid groups (broad SMARTS) is 1. The third-order valence-electron chi connectivity index (χ3n) is 2.04. The molecule has 0 aromatic rings. The highest BCUT2D eigenvalue weighted by molar-refractivity contribution is 5.75. The molecule has 1 atom stereocenters. The van der Waals surface area contributed by atoms with Crippen LogP contribution in [0, 0.1) is 0 Å². The molecule has 0 aromatic heterocycles. The van der Waals surface area contributed by atoms with Crippen molar-refractivity contribution in [1.29, 1.82) is 0 Å². The molecule has 1 heterocycles. The van der Waals surface area contributed by atoms with Crippen molar-refractivity contribution in [1.82, 2.24) is 4.90 Å².